The number of hydrogen-bond donors (Lipinski definition) is 0. The summed E-state index contributed by atoms with van der Waals surface area (Å²) in [6.45, 7) is 0. The fourth-order valence-electron chi connectivity index (χ4n) is 3.50. The largest absolute Gasteiger partial charge is 0.135 e. The Kier molecular flexibility index (Phi) is 4.28. The summed E-state index contributed by atoms with van der Waals surface area (Å²) in [7, 11) is 0. The number of hydrogen-bond acceptors (Lipinski definition) is 1. The molecule has 0 radical (unpaired) electrons. The van der Waals surface area contributed by atoms with Crippen LogP contribution in [0.3, 0.4) is 0 Å². The molecule has 27 heavy (non-hydrogen) atoms. The molecule has 1 heterocycles. The summed E-state index contributed by atoms with van der Waals surface area (Å²) in [4.78, 5) is 0. The highest BCUT2D eigenvalue weighted by Crippen LogP contribution is 2.40. The van der Waals surface area contributed by atoms with Crippen molar-refractivity contribution in [1.82, 2.24) is 0 Å². The van der Waals surface area contributed by atoms with Crippen LogP contribution < -0.4 is 0 Å². The number of thiophene rings is 1. The molecule has 5 aromatic rings. The molecule has 1 aromatic heterocycles. The van der Waals surface area contributed by atoms with Gasteiger partial charge in [0.05, 0.1) is 0 Å². The molecule has 0 amide bonds. The van der Waals surface area contributed by atoms with Gasteiger partial charge >= 0.3 is 0 Å². The number of rotatable bonds is 2. The first-order valence-electron chi connectivity index (χ1n) is 8.67. The highest BCUT2D eigenvalue weighted by Gasteiger charge is 2.09. The molecule has 0 unspecified atom stereocenters. The number of fused-ring (bicyclic) bond motifs is 3. The van der Waals surface area contributed by atoms with Crippen LogP contribution in [0.15, 0.2) is 89.4 Å². The third-order valence-corrected chi connectivity index (χ3v) is 6.96. The van der Waals surface area contributed by atoms with Gasteiger partial charge in [-0.3, -0.25) is 0 Å². The van der Waals surface area contributed by atoms with Gasteiger partial charge in [0.15, 0.2) is 0 Å². The number of halogens is 2. The van der Waals surface area contributed by atoms with E-state index in [-0.39, 0.29) is 0 Å². The van der Waals surface area contributed by atoms with Crippen molar-refractivity contribution >= 4 is 59.0 Å². The summed E-state index contributed by atoms with van der Waals surface area (Å²) < 4.78 is 3.78. The lowest BCUT2D eigenvalue weighted by molar-refractivity contribution is 1.60. The van der Waals surface area contributed by atoms with Crippen molar-refractivity contribution in [2.45, 2.75) is 0 Å². The maximum Gasteiger partial charge on any atom is 0.0484 e. The van der Waals surface area contributed by atoms with Crippen LogP contribution in [0.2, 0.25) is 5.02 Å². The first-order chi connectivity index (χ1) is 13.2. The Balaban J connectivity index is 1.58. The summed E-state index contributed by atoms with van der Waals surface area (Å²) in [5.74, 6) is 0. The van der Waals surface area contributed by atoms with Gasteiger partial charge in [0, 0.05) is 35.2 Å². The van der Waals surface area contributed by atoms with E-state index in [0.29, 0.717) is 0 Å². The second kappa shape index (κ2) is 6.79. The minimum absolute atomic E-state index is 0.780. The van der Waals surface area contributed by atoms with E-state index >= 15 is 0 Å². The van der Waals surface area contributed by atoms with E-state index in [1.54, 1.807) is 0 Å². The Morgan fingerprint density at radius 1 is 0.667 bits per heavy atom. The molecular formula is C24H14BrClS. The maximum atomic E-state index is 6.33. The van der Waals surface area contributed by atoms with Gasteiger partial charge in [0.25, 0.3) is 0 Å². The molecule has 0 saturated carbocycles. The maximum absolute atomic E-state index is 6.33. The van der Waals surface area contributed by atoms with E-state index < -0.39 is 0 Å². The Morgan fingerprint density at radius 2 is 1.41 bits per heavy atom. The first kappa shape index (κ1) is 17.0. The summed E-state index contributed by atoms with van der Waals surface area (Å²) in [6.07, 6.45) is 0. The van der Waals surface area contributed by atoms with Crippen molar-refractivity contribution in [1.29, 1.82) is 0 Å². The molecule has 0 aliphatic carbocycles. The van der Waals surface area contributed by atoms with Crippen molar-refractivity contribution < 1.29 is 0 Å². The molecule has 3 heteroatoms. The predicted octanol–water partition coefficient (Wildman–Crippen LogP) is 8.80. The number of benzene rings is 4. The molecule has 0 fully saturated rings. The lowest BCUT2D eigenvalue weighted by Gasteiger charge is -2.07. The molecular weight excluding hydrogens is 436 g/mol. The van der Waals surface area contributed by atoms with Gasteiger partial charge in [-0.25, -0.2) is 0 Å². The molecule has 0 spiro atoms. The Hall–Kier alpha value is -2.13. The summed E-state index contributed by atoms with van der Waals surface area (Å²) >= 11 is 11.9. The quantitative estimate of drug-likeness (QED) is 0.252. The lowest BCUT2D eigenvalue weighted by Crippen LogP contribution is -1.81. The predicted molar refractivity (Wildman–Crippen MR) is 123 cm³/mol. The van der Waals surface area contributed by atoms with Crippen LogP contribution in [-0.4, -0.2) is 0 Å². The highest BCUT2D eigenvalue weighted by molar-refractivity contribution is 9.10. The molecule has 0 saturated heterocycles. The van der Waals surface area contributed by atoms with Crippen molar-refractivity contribution in [3.8, 4) is 22.3 Å². The van der Waals surface area contributed by atoms with Crippen LogP contribution >= 0.6 is 38.9 Å². The van der Waals surface area contributed by atoms with Crippen molar-refractivity contribution in [2.24, 2.45) is 0 Å². The standard InChI is InChI=1S/C24H14BrClS/c25-20-5-3-7-22-24(20)19-13-12-17(14-23(19)27-22)15-8-10-16(11-9-15)18-4-1-2-6-21(18)26/h1-14H. The zero-order chi connectivity index (χ0) is 18.4. The van der Waals surface area contributed by atoms with Crippen molar-refractivity contribution in [3.05, 3.63) is 94.4 Å². The van der Waals surface area contributed by atoms with Crippen LogP contribution in [0.1, 0.15) is 0 Å². The van der Waals surface area contributed by atoms with Gasteiger partial charge in [-0.15, -0.1) is 11.3 Å². The smallest absolute Gasteiger partial charge is 0.0484 e. The summed E-state index contributed by atoms with van der Waals surface area (Å²) in [5, 5.41) is 3.39. The van der Waals surface area contributed by atoms with Gasteiger partial charge in [0.2, 0.25) is 0 Å². The third kappa shape index (κ3) is 2.98. The van der Waals surface area contributed by atoms with E-state index in [0.717, 1.165) is 20.6 Å². The van der Waals surface area contributed by atoms with E-state index in [4.69, 9.17) is 11.6 Å². The van der Waals surface area contributed by atoms with Crippen LogP contribution in [0.5, 0.6) is 0 Å². The lowest BCUT2D eigenvalue weighted by atomic mass is 9.99. The van der Waals surface area contributed by atoms with Gasteiger partial charge in [-0.2, -0.15) is 0 Å². The van der Waals surface area contributed by atoms with Crippen LogP contribution in [0, 0.1) is 0 Å². The normalized spacial score (nSPS) is 11.3. The molecule has 0 bridgehead atoms. The van der Waals surface area contributed by atoms with E-state index in [1.807, 2.05) is 29.5 Å². The first-order valence-corrected chi connectivity index (χ1v) is 10.7. The van der Waals surface area contributed by atoms with Gasteiger partial charge in [0.1, 0.15) is 0 Å². The molecule has 4 aromatic carbocycles. The van der Waals surface area contributed by atoms with E-state index in [2.05, 4.69) is 82.7 Å². The van der Waals surface area contributed by atoms with Crippen LogP contribution in [-0.2, 0) is 0 Å². The molecule has 0 aliphatic rings. The van der Waals surface area contributed by atoms with Gasteiger partial charge in [-0.05, 0) is 41.0 Å². The third-order valence-electron chi connectivity index (χ3n) is 4.85. The Labute approximate surface area is 175 Å². The zero-order valence-corrected chi connectivity index (χ0v) is 17.4. The van der Waals surface area contributed by atoms with Gasteiger partial charge in [-0.1, -0.05) is 88.2 Å². The molecule has 0 atom stereocenters. The molecule has 0 N–H and O–H groups in total. The van der Waals surface area contributed by atoms with Crippen LogP contribution in [0.25, 0.3) is 42.4 Å². The zero-order valence-electron chi connectivity index (χ0n) is 14.2. The van der Waals surface area contributed by atoms with E-state index in [9.17, 15) is 0 Å². The van der Waals surface area contributed by atoms with Gasteiger partial charge < -0.3 is 0 Å². The molecule has 5 rings (SSSR count). The summed E-state index contributed by atoms with van der Waals surface area (Å²) in [6, 6.07) is 29.7. The average Bonchev–Trinajstić information content (AvgIpc) is 3.07. The Bertz CT molecular complexity index is 1290. The monoisotopic (exact) mass is 448 g/mol. The molecule has 0 aliphatic heterocycles. The van der Waals surface area contributed by atoms with Crippen LogP contribution in [0.4, 0.5) is 0 Å². The second-order valence-corrected chi connectivity index (χ2v) is 8.83. The minimum atomic E-state index is 0.780. The fraction of sp³-hybridized carbons (Fsp3) is 0. The summed E-state index contributed by atoms with van der Waals surface area (Å²) in [5.41, 5.74) is 4.65. The Morgan fingerprint density at radius 3 is 2.22 bits per heavy atom. The highest BCUT2D eigenvalue weighted by atomic mass is 79.9. The average molecular weight is 450 g/mol. The van der Waals surface area contributed by atoms with Crippen molar-refractivity contribution in [3.63, 3.8) is 0 Å². The van der Waals surface area contributed by atoms with Crippen molar-refractivity contribution in [2.75, 3.05) is 0 Å². The fourth-order valence-corrected chi connectivity index (χ4v) is 5.63. The molecule has 130 valence electrons. The topological polar surface area (TPSA) is 0 Å². The SMILES string of the molecule is Clc1ccccc1-c1ccc(-c2ccc3c(c2)sc2cccc(Br)c23)cc1. The minimum Gasteiger partial charge on any atom is -0.135 e. The second-order valence-electron chi connectivity index (χ2n) is 6.48. The molecule has 0 nitrogen and oxygen atoms in total. The van der Waals surface area contributed by atoms with E-state index in [1.165, 1.54) is 31.3 Å².